The van der Waals surface area contributed by atoms with Crippen molar-refractivity contribution in [1.82, 2.24) is 0 Å². The molecule has 0 aromatic heterocycles. The van der Waals surface area contributed by atoms with E-state index in [4.69, 9.17) is 10.5 Å². The number of carbonyl (C=O) groups is 1. The molecule has 0 amide bonds. The Balaban J connectivity index is 1.56. The zero-order valence-electron chi connectivity index (χ0n) is 15.4. The Labute approximate surface area is 146 Å². The van der Waals surface area contributed by atoms with E-state index < -0.39 is 0 Å². The monoisotopic (exact) mass is 331 g/mol. The summed E-state index contributed by atoms with van der Waals surface area (Å²) in [5, 5.41) is 0. The first-order chi connectivity index (χ1) is 11.5. The standard InChI is InChI=1S/C21H33NO2/c1-20-9-7-15(24-12-11-22)13-14(20)3-4-16-17-5-6-19(23)21(17,2)10-8-18(16)20/h3,15-18H,4-13,22H2,1-2H3. The Morgan fingerprint density at radius 1 is 1.17 bits per heavy atom. The molecule has 24 heavy (non-hydrogen) atoms. The summed E-state index contributed by atoms with van der Waals surface area (Å²) in [6.07, 6.45) is 11.9. The van der Waals surface area contributed by atoms with Gasteiger partial charge in [-0.3, -0.25) is 4.79 Å². The van der Waals surface area contributed by atoms with Crippen LogP contribution in [0.5, 0.6) is 0 Å². The molecule has 0 heterocycles. The lowest BCUT2D eigenvalue weighted by molar-refractivity contribution is -0.132. The van der Waals surface area contributed by atoms with Gasteiger partial charge in [-0.15, -0.1) is 0 Å². The second-order valence-electron chi connectivity index (χ2n) is 9.20. The molecule has 6 atom stereocenters. The van der Waals surface area contributed by atoms with Crippen LogP contribution >= 0.6 is 0 Å². The smallest absolute Gasteiger partial charge is 0.139 e. The van der Waals surface area contributed by atoms with Crippen LogP contribution in [0.2, 0.25) is 0 Å². The first-order valence-electron chi connectivity index (χ1n) is 10.0. The molecule has 3 saturated carbocycles. The lowest BCUT2D eigenvalue weighted by atomic mass is 9.48. The van der Waals surface area contributed by atoms with Crippen LogP contribution in [0, 0.1) is 28.6 Å². The Bertz CT molecular complexity index is 556. The van der Waals surface area contributed by atoms with Gasteiger partial charge in [0.25, 0.3) is 0 Å². The third-order valence-corrected chi connectivity index (χ3v) is 8.24. The summed E-state index contributed by atoms with van der Waals surface area (Å²) in [4.78, 5) is 12.5. The highest BCUT2D eigenvalue weighted by molar-refractivity contribution is 5.87. The summed E-state index contributed by atoms with van der Waals surface area (Å²) < 4.78 is 5.95. The van der Waals surface area contributed by atoms with Gasteiger partial charge in [0.15, 0.2) is 0 Å². The lowest BCUT2D eigenvalue weighted by Gasteiger charge is -2.57. The second kappa shape index (κ2) is 5.95. The molecule has 3 fully saturated rings. The molecule has 3 heteroatoms. The number of Topliss-reactive ketones (excluding diaryl/α,β-unsaturated/α-hetero) is 1. The molecule has 4 aliphatic rings. The van der Waals surface area contributed by atoms with Crippen LogP contribution in [0.1, 0.15) is 65.2 Å². The molecule has 2 N–H and O–H groups in total. The average molecular weight is 332 g/mol. The minimum Gasteiger partial charge on any atom is -0.377 e. The molecular weight excluding hydrogens is 298 g/mol. The molecule has 4 aliphatic carbocycles. The predicted octanol–water partition coefficient (Wildman–Crippen LogP) is 3.86. The highest BCUT2D eigenvalue weighted by atomic mass is 16.5. The van der Waals surface area contributed by atoms with Crippen molar-refractivity contribution >= 4 is 5.78 Å². The molecule has 134 valence electrons. The van der Waals surface area contributed by atoms with Gasteiger partial charge in [-0.05, 0) is 68.1 Å². The van der Waals surface area contributed by atoms with Gasteiger partial charge in [-0.1, -0.05) is 25.5 Å². The molecule has 0 bridgehead atoms. The van der Waals surface area contributed by atoms with Crippen molar-refractivity contribution in [3.05, 3.63) is 11.6 Å². The van der Waals surface area contributed by atoms with Gasteiger partial charge in [-0.25, -0.2) is 0 Å². The minimum absolute atomic E-state index is 0.00961. The zero-order valence-corrected chi connectivity index (χ0v) is 15.4. The number of hydrogen-bond donors (Lipinski definition) is 1. The minimum atomic E-state index is -0.00961. The number of hydrogen-bond acceptors (Lipinski definition) is 3. The average Bonchev–Trinajstić information content (AvgIpc) is 2.88. The molecule has 0 aromatic carbocycles. The van der Waals surface area contributed by atoms with Crippen LogP contribution in [0.25, 0.3) is 0 Å². The summed E-state index contributed by atoms with van der Waals surface area (Å²) in [7, 11) is 0. The maximum atomic E-state index is 12.5. The number of ketones is 1. The molecule has 0 saturated heterocycles. The van der Waals surface area contributed by atoms with E-state index in [0.29, 0.717) is 36.4 Å². The van der Waals surface area contributed by atoms with Crippen LogP contribution in [0.15, 0.2) is 11.6 Å². The Morgan fingerprint density at radius 3 is 2.71 bits per heavy atom. The second-order valence-corrected chi connectivity index (χ2v) is 9.20. The van der Waals surface area contributed by atoms with Crippen molar-refractivity contribution in [3.63, 3.8) is 0 Å². The lowest BCUT2D eigenvalue weighted by Crippen LogP contribution is -2.50. The van der Waals surface area contributed by atoms with E-state index in [2.05, 4.69) is 19.9 Å². The van der Waals surface area contributed by atoms with Gasteiger partial charge in [0.1, 0.15) is 5.78 Å². The summed E-state index contributed by atoms with van der Waals surface area (Å²) in [5.74, 6) is 2.68. The van der Waals surface area contributed by atoms with Crippen LogP contribution in [0.4, 0.5) is 0 Å². The van der Waals surface area contributed by atoms with Gasteiger partial charge in [-0.2, -0.15) is 0 Å². The van der Waals surface area contributed by atoms with Crippen LogP contribution in [0.3, 0.4) is 0 Å². The molecule has 0 radical (unpaired) electrons. The molecule has 4 rings (SSSR count). The highest BCUT2D eigenvalue weighted by Gasteiger charge is 2.58. The van der Waals surface area contributed by atoms with E-state index in [1.165, 1.54) is 19.3 Å². The van der Waals surface area contributed by atoms with Crippen molar-refractivity contribution in [2.45, 2.75) is 71.3 Å². The van der Waals surface area contributed by atoms with Gasteiger partial charge in [0, 0.05) is 18.4 Å². The van der Waals surface area contributed by atoms with E-state index in [0.717, 1.165) is 43.9 Å². The molecule has 3 nitrogen and oxygen atoms in total. The van der Waals surface area contributed by atoms with E-state index in [-0.39, 0.29) is 5.41 Å². The summed E-state index contributed by atoms with van der Waals surface area (Å²) in [6, 6.07) is 0. The highest BCUT2D eigenvalue weighted by Crippen LogP contribution is 2.64. The third-order valence-electron chi connectivity index (χ3n) is 8.24. The molecule has 0 aliphatic heterocycles. The quantitative estimate of drug-likeness (QED) is 0.799. The Morgan fingerprint density at radius 2 is 1.92 bits per heavy atom. The summed E-state index contributed by atoms with van der Waals surface area (Å²) >= 11 is 0. The topological polar surface area (TPSA) is 52.3 Å². The van der Waals surface area contributed by atoms with Gasteiger partial charge in [0.05, 0.1) is 12.7 Å². The summed E-state index contributed by atoms with van der Waals surface area (Å²) in [6.45, 7) is 6.08. The van der Waals surface area contributed by atoms with Crippen molar-refractivity contribution in [2.75, 3.05) is 13.2 Å². The molecule has 0 aromatic rings. The maximum Gasteiger partial charge on any atom is 0.139 e. The zero-order chi connectivity index (χ0) is 16.9. The number of carbonyl (C=O) groups excluding carboxylic acids is 1. The maximum absolute atomic E-state index is 12.5. The summed E-state index contributed by atoms with van der Waals surface area (Å²) in [5.41, 5.74) is 7.58. The molecular formula is C21H33NO2. The van der Waals surface area contributed by atoms with Crippen LogP contribution in [-0.2, 0) is 9.53 Å². The molecule has 0 spiro atoms. The van der Waals surface area contributed by atoms with Gasteiger partial charge in [0.2, 0.25) is 0 Å². The number of allylic oxidation sites excluding steroid dienone is 1. The van der Waals surface area contributed by atoms with E-state index in [1.54, 1.807) is 5.57 Å². The van der Waals surface area contributed by atoms with E-state index in [9.17, 15) is 4.79 Å². The first kappa shape index (κ1) is 16.8. The third kappa shape index (κ3) is 2.34. The number of ether oxygens (including phenoxy) is 1. The molecule has 6 unspecified atom stereocenters. The van der Waals surface area contributed by atoms with Crippen molar-refractivity contribution in [2.24, 2.45) is 34.3 Å². The van der Waals surface area contributed by atoms with Crippen LogP contribution in [-0.4, -0.2) is 25.0 Å². The van der Waals surface area contributed by atoms with Crippen molar-refractivity contribution < 1.29 is 9.53 Å². The number of nitrogens with two attached hydrogens (primary N) is 1. The predicted molar refractivity (Wildman–Crippen MR) is 95.5 cm³/mol. The van der Waals surface area contributed by atoms with Gasteiger partial charge >= 0.3 is 0 Å². The largest absolute Gasteiger partial charge is 0.377 e. The fourth-order valence-corrected chi connectivity index (χ4v) is 6.78. The Hall–Kier alpha value is -0.670. The van der Waals surface area contributed by atoms with Gasteiger partial charge < -0.3 is 10.5 Å². The fourth-order valence-electron chi connectivity index (χ4n) is 6.78. The number of fused-ring (bicyclic) bond motifs is 5. The number of rotatable bonds is 3. The SMILES string of the molecule is CC12CCC3C(CC=C4CC(OCCN)CCC43C)C1CCC2=O. The van der Waals surface area contributed by atoms with E-state index in [1.807, 2.05) is 0 Å². The van der Waals surface area contributed by atoms with E-state index >= 15 is 0 Å². The first-order valence-corrected chi connectivity index (χ1v) is 10.0. The Kier molecular flexibility index (Phi) is 4.16. The van der Waals surface area contributed by atoms with Crippen LogP contribution < -0.4 is 5.73 Å². The van der Waals surface area contributed by atoms with Crippen molar-refractivity contribution in [1.29, 1.82) is 0 Å². The van der Waals surface area contributed by atoms with Crippen molar-refractivity contribution in [3.8, 4) is 0 Å². The fraction of sp³-hybridized carbons (Fsp3) is 0.857. The normalized spacial score (nSPS) is 47.6.